The van der Waals surface area contributed by atoms with Crippen molar-refractivity contribution in [2.75, 3.05) is 6.54 Å². The molecule has 23 heavy (non-hydrogen) atoms. The SMILES string of the molecule is CC(C)CC(C)(CN)NS(=O)(=O)c1cccc(OC(F)(F)F)c1. The largest absolute Gasteiger partial charge is 0.573 e. The summed E-state index contributed by atoms with van der Waals surface area (Å²) in [5.74, 6) is -0.412. The number of halogens is 3. The van der Waals surface area contributed by atoms with Gasteiger partial charge in [-0.15, -0.1) is 13.2 Å². The average Bonchev–Trinajstić information content (AvgIpc) is 2.35. The van der Waals surface area contributed by atoms with Gasteiger partial charge in [-0.05, 0) is 31.4 Å². The number of nitrogens with two attached hydrogens (primary N) is 1. The van der Waals surface area contributed by atoms with Crippen LogP contribution in [-0.4, -0.2) is 26.9 Å². The zero-order valence-corrected chi connectivity index (χ0v) is 14.0. The third kappa shape index (κ3) is 6.36. The van der Waals surface area contributed by atoms with Gasteiger partial charge < -0.3 is 10.5 Å². The number of alkyl halides is 3. The van der Waals surface area contributed by atoms with Crippen LogP contribution in [0.15, 0.2) is 29.2 Å². The second-order valence-electron chi connectivity index (χ2n) is 5.99. The van der Waals surface area contributed by atoms with E-state index in [4.69, 9.17) is 5.73 Å². The van der Waals surface area contributed by atoms with E-state index in [0.29, 0.717) is 6.42 Å². The van der Waals surface area contributed by atoms with Crippen molar-refractivity contribution in [2.45, 2.75) is 44.0 Å². The van der Waals surface area contributed by atoms with E-state index >= 15 is 0 Å². The summed E-state index contributed by atoms with van der Waals surface area (Å²) >= 11 is 0. The van der Waals surface area contributed by atoms with Crippen LogP contribution in [0.25, 0.3) is 0 Å². The molecule has 5 nitrogen and oxygen atoms in total. The molecule has 0 saturated carbocycles. The van der Waals surface area contributed by atoms with Crippen molar-refractivity contribution < 1.29 is 26.3 Å². The zero-order valence-electron chi connectivity index (χ0n) is 13.1. The van der Waals surface area contributed by atoms with Crippen molar-refractivity contribution in [3.05, 3.63) is 24.3 Å². The molecule has 132 valence electrons. The molecule has 0 spiro atoms. The highest BCUT2D eigenvalue weighted by Crippen LogP contribution is 2.26. The highest BCUT2D eigenvalue weighted by atomic mass is 32.2. The molecule has 1 unspecified atom stereocenters. The Kier molecular flexibility index (Phi) is 6.06. The topological polar surface area (TPSA) is 81.4 Å². The van der Waals surface area contributed by atoms with Crippen LogP contribution in [0.3, 0.4) is 0 Å². The second-order valence-corrected chi connectivity index (χ2v) is 7.67. The third-order valence-electron chi connectivity index (χ3n) is 3.04. The minimum Gasteiger partial charge on any atom is -0.406 e. The van der Waals surface area contributed by atoms with Gasteiger partial charge in [0.1, 0.15) is 5.75 Å². The van der Waals surface area contributed by atoms with Gasteiger partial charge in [0.25, 0.3) is 0 Å². The summed E-state index contributed by atoms with van der Waals surface area (Å²) in [6.07, 6.45) is -4.40. The van der Waals surface area contributed by atoms with Crippen LogP contribution in [0.2, 0.25) is 0 Å². The molecule has 0 amide bonds. The standard InChI is InChI=1S/C14H21F3N2O3S/c1-10(2)8-13(3,9-18)19-23(20,21)12-6-4-5-11(7-12)22-14(15,16)17/h4-7,10,19H,8-9,18H2,1-3H3. The molecule has 1 aromatic rings. The van der Waals surface area contributed by atoms with E-state index in [0.717, 1.165) is 12.1 Å². The van der Waals surface area contributed by atoms with E-state index in [2.05, 4.69) is 9.46 Å². The van der Waals surface area contributed by atoms with Crippen molar-refractivity contribution >= 4 is 10.0 Å². The lowest BCUT2D eigenvalue weighted by Gasteiger charge is -2.30. The van der Waals surface area contributed by atoms with Gasteiger partial charge in [-0.2, -0.15) is 0 Å². The van der Waals surface area contributed by atoms with Gasteiger partial charge in [-0.1, -0.05) is 19.9 Å². The van der Waals surface area contributed by atoms with E-state index in [1.807, 2.05) is 13.8 Å². The quantitative estimate of drug-likeness (QED) is 0.789. The number of benzene rings is 1. The Morgan fingerprint density at radius 1 is 1.30 bits per heavy atom. The number of hydrogen-bond donors (Lipinski definition) is 2. The highest BCUT2D eigenvalue weighted by molar-refractivity contribution is 7.89. The van der Waals surface area contributed by atoms with Crippen molar-refractivity contribution in [3.63, 3.8) is 0 Å². The number of rotatable bonds is 7. The number of hydrogen-bond acceptors (Lipinski definition) is 4. The normalized spacial score (nSPS) is 15.5. The lowest BCUT2D eigenvalue weighted by Crippen LogP contribution is -2.51. The molecule has 0 aliphatic heterocycles. The summed E-state index contributed by atoms with van der Waals surface area (Å²) in [7, 11) is -4.03. The van der Waals surface area contributed by atoms with E-state index in [9.17, 15) is 21.6 Å². The van der Waals surface area contributed by atoms with Gasteiger partial charge in [-0.25, -0.2) is 13.1 Å². The van der Waals surface area contributed by atoms with Crippen molar-refractivity contribution in [2.24, 2.45) is 11.7 Å². The number of nitrogens with one attached hydrogen (secondary N) is 1. The minimum absolute atomic E-state index is 0.0587. The fraction of sp³-hybridized carbons (Fsp3) is 0.571. The van der Waals surface area contributed by atoms with Crippen LogP contribution >= 0.6 is 0 Å². The van der Waals surface area contributed by atoms with E-state index < -0.39 is 27.7 Å². The van der Waals surface area contributed by atoms with Crippen LogP contribution in [0, 0.1) is 5.92 Å². The monoisotopic (exact) mass is 354 g/mol. The lowest BCUT2D eigenvalue weighted by atomic mass is 9.92. The Hall–Kier alpha value is -1.32. The fourth-order valence-corrected chi connectivity index (χ4v) is 3.75. The Morgan fingerprint density at radius 2 is 1.91 bits per heavy atom. The maximum absolute atomic E-state index is 12.4. The first-order valence-corrected chi connectivity index (χ1v) is 8.45. The number of ether oxygens (including phenoxy) is 1. The molecule has 0 heterocycles. The summed E-state index contributed by atoms with van der Waals surface area (Å²) in [5, 5.41) is 0. The molecule has 0 aromatic heterocycles. The molecular formula is C14H21F3N2O3S. The molecule has 1 atom stereocenters. The maximum Gasteiger partial charge on any atom is 0.573 e. The van der Waals surface area contributed by atoms with Crippen LogP contribution in [-0.2, 0) is 10.0 Å². The van der Waals surface area contributed by atoms with E-state index in [1.54, 1.807) is 6.92 Å². The van der Waals surface area contributed by atoms with Crippen LogP contribution < -0.4 is 15.2 Å². The fourth-order valence-electron chi connectivity index (χ4n) is 2.29. The first-order valence-electron chi connectivity index (χ1n) is 6.97. The Labute approximate surface area is 134 Å². The Bertz CT molecular complexity index is 632. The second kappa shape index (κ2) is 7.06. The molecule has 0 saturated heterocycles. The van der Waals surface area contributed by atoms with E-state index in [-0.39, 0.29) is 17.4 Å². The molecule has 0 fully saturated rings. The van der Waals surface area contributed by atoms with Crippen LogP contribution in [0.1, 0.15) is 27.2 Å². The predicted octanol–water partition coefficient (Wildman–Crippen LogP) is 2.63. The molecule has 0 bridgehead atoms. The van der Waals surface area contributed by atoms with Gasteiger partial charge in [0.15, 0.2) is 0 Å². The first-order chi connectivity index (χ1) is 10.4. The van der Waals surface area contributed by atoms with Crippen molar-refractivity contribution in [1.82, 2.24) is 4.72 Å². The molecule has 0 aliphatic rings. The molecule has 1 aromatic carbocycles. The van der Waals surface area contributed by atoms with Gasteiger partial charge in [0.2, 0.25) is 10.0 Å². The lowest BCUT2D eigenvalue weighted by molar-refractivity contribution is -0.274. The smallest absolute Gasteiger partial charge is 0.406 e. The van der Waals surface area contributed by atoms with Crippen molar-refractivity contribution in [1.29, 1.82) is 0 Å². The third-order valence-corrected chi connectivity index (χ3v) is 4.68. The van der Waals surface area contributed by atoms with Crippen molar-refractivity contribution in [3.8, 4) is 5.75 Å². The molecular weight excluding hydrogens is 333 g/mol. The first kappa shape index (κ1) is 19.7. The molecule has 1 rings (SSSR count). The summed E-state index contributed by atoms with van der Waals surface area (Å²) in [6.45, 7) is 5.55. The number of sulfonamides is 1. The summed E-state index contributed by atoms with van der Waals surface area (Å²) in [6, 6.07) is 4.22. The average molecular weight is 354 g/mol. The molecule has 3 N–H and O–H groups in total. The molecule has 9 heteroatoms. The van der Waals surface area contributed by atoms with Crippen LogP contribution in [0.5, 0.6) is 5.75 Å². The van der Waals surface area contributed by atoms with Gasteiger partial charge >= 0.3 is 6.36 Å². The zero-order chi connectivity index (χ0) is 17.9. The molecule has 0 radical (unpaired) electrons. The van der Waals surface area contributed by atoms with Gasteiger partial charge in [-0.3, -0.25) is 0 Å². The Balaban J connectivity index is 3.06. The summed E-state index contributed by atoms with van der Waals surface area (Å²) < 4.78 is 67.7. The maximum atomic E-state index is 12.4. The predicted molar refractivity (Wildman–Crippen MR) is 80.4 cm³/mol. The minimum atomic E-state index is -4.89. The van der Waals surface area contributed by atoms with Crippen LogP contribution in [0.4, 0.5) is 13.2 Å². The van der Waals surface area contributed by atoms with Gasteiger partial charge in [0, 0.05) is 18.2 Å². The van der Waals surface area contributed by atoms with Gasteiger partial charge in [0.05, 0.1) is 4.90 Å². The molecule has 0 aliphatic carbocycles. The summed E-state index contributed by atoms with van der Waals surface area (Å²) in [5.41, 5.74) is 4.76. The highest BCUT2D eigenvalue weighted by Gasteiger charge is 2.33. The summed E-state index contributed by atoms with van der Waals surface area (Å²) in [4.78, 5) is -0.317. The van der Waals surface area contributed by atoms with E-state index in [1.165, 1.54) is 12.1 Å². The Morgan fingerprint density at radius 3 is 2.39 bits per heavy atom.